The second kappa shape index (κ2) is 8.54. The molecule has 0 saturated carbocycles. The minimum Gasteiger partial charge on any atom is -0.356 e. The van der Waals surface area contributed by atoms with Crippen LogP contribution in [0.4, 0.5) is 0 Å². The van der Waals surface area contributed by atoms with Crippen molar-refractivity contribution in [1.29, 1.82) is 0 Å². The van der Waals surface area contributed by atoms with Gasteiger partial charge >= 0.3 is 0 Å². The first-order valence-corrected chi connectivity index (χ1v) is 8.03. The second-order valence-electron chi connectivity index (χ2n) is 5.59. The smallest absolute Gasteiger partial charge is 0.237 e. The molecule has 5 nitrogen and oxygen atoms in total. The van der Waals surface area contributed by atoms with E-state index in [1.165, 1.54) is 5.56 Å². The van der Waals surface area contributed by atoms with Gasteiger partial charge in [0.2, 0.25) is 11.8 Å². The molecule has 1 unspecified atom stereocenters. The Morgan fingerprint density at radius 3 is 2.86 bits per heavy atom. The molecular formula is C17H25N3O2. The van der Waals surface area contributed by atoms with Crippen LogP contribution in [0.15, 0.2) is 30.3 Å². The van der Waals surface area contributed by atoms with E-state index in [2.05, 4.69) is 27.7 Å². The van der Waals surface area contributed by atoms with Crippen LogP contribution < -0.4 is 10.6 Å². The highest BCUT2D eigenvalue weighted by molar-refractivity contribution is 5.88. The van der Waals surface area contributed by atoms with Crippen molar-refractivity contribution in [3.63, 3.8) is 0 Å². The minimum absolute atomic E-state index is 0.0304. The highest BCUT2D eigenvalue weighted by Gasteiger charge is 2.30. The van der Waals surface area contributed by atoms with Crippen LogP contribution in [-0.4, -0.2) is 48.9 Å². The van der Waals surface area contributed by atoms with E-state index in [0.717, 1.165) is 25.9 Å². The van der Waals surface area contributed by atoms with Gasteiger partial charge in [-0.15, -0.1) is 0 Å². The Labute approximate surface area is 132 Å². The van der Waals surface area contributed by atoms with Crippen LogP contribution in [0.3, 0.4) is 0 Å². The van der Waals surface area contributed by atoms with Gasteiger partial charge in [-0.3, -0.25) is 14.5 Å². The van der Waals surface area contributed by atoms with Crippen molar-refractivity contribution in [2.75, 3.05) is 26.2 Å². The lowest BCUT2D eigenvalue weighted by molar-refractivity contribution is -0.133. The van der Waals surface area contributed by atoms with E-state index in [-0.39, 0.29) is 24.3 Å². The molecule has 0 radical (unpaired) electrons. The summed E-state index contributed by atoms with van der Waals surface area (Å²) in [6.07, 6.45) is 2.22. The Bertz CT molecular complexity index is 490. The van der Waals surface area contributed by atoms with E-state index >= 15 is 0 Å². The molecule has 1 atom stereocenters. The van der Waals surface area contributed by atoms with Crippen molar-refractivity contribution < 1.29 is 9.59 Å². The van der Waals surface area contributed by atoms with Crippen LogP contribution in [0.25, 0.3) is 0 Å². The summed E-state index contributed by atoms with van der Waals surface area (Å²) in [5, 5.41) is 5.63. The number of carbonyl (C=O) groups excluding carboxylic acids is 2. The Kier molecular flexibility index (Phi) is 6.40. The molecule has 2 rings (SSSR count). The van der Waals surface area contributed by atoms with Gasteiger partial charge in [0.25, 0.3) is 0 Å². The van der Waals surface area contributed by atoms with Gasteiger partial charge in [-0.05, 0) is 31.9 Å². The van der Waals surface area contributed by atoms with Gasteiger partial charge in [0.15, 0.2) is 0 Å². The van der Waals surface area contributed by atoms with Crippen LogP contribution in [0.2, 0.25) is 0 Å². The maximum atomic E-state index is 12.0. The van der Waals surface area contributed by atoms with E-state index in [1.807, 2.05) is 25.1 Å². The highest BCUT2D eigenvalue weighted by atomic mass is 16.2. The zero-order valence-electron chi connectivity index (χ0n) is 13.2. The first kappa shape index (κ1) is 16.5. The van der Waals surface area contributed by atoms with Crippen LogP contribution in [-0.2, 0) is 16.0 Å². The highest BCUT2D eigenvalue weighted by Crippen LogP contribution is 2.11. The minimum atomic E-state index is -0.337. The molecule has 0 bridgehead atoms. The van der Waals surface area contributed by atoms with Crippen molar-refractivity contribution in [2.24, 2.45) is 0 Å². The Balaban J connectivity index is 1.86. The van der Waals surface area contributed by atoms with Crippen LogP contribution in [0.5, 0.6) is 0 Å². The van der Waals surface area contributed by atoms with E-state index in [1.54, 1.807) is 0 Å². The van der Waals surface area contributed by atoms with Crippen molar-refractivity contribution in [3.05, 3.63) is 35.9 Å². The van der Waals surface area contributed by atoms with E-state index < -0.39 is 0 Å². The molecule has 1 fully saturated rings. The lowest BCUT2D eigenvalue weighted by Crippen LogP contribution is -2.56. The summed E-state index contributed by atoms with van der Waals surface area (Å²) in [7, 11) is 0. The van der Waals surface area contributed by atoms with E-state index in [4.69, 9.17) is 0 Å². The summed E-state index contributed by atoms with van der Waals surface area (Å²) in [5.74, 6) is -0.0881. The molecule has 0 aromatic heterocycles. The number of aryl methyl sites for hydroxylation is 1. The van der Waals surface area contributed by atoms with Crippen molar-refractivity contribution in [1.82, 2.24) is 15.5 Å². The normalized spacial score (nSPS) is 18.8. The molecule has 2 N–H and O–H groups in total. The average Bonchev–Trinajstić information content (AvgIpc) is 2.52. The molecule has 0 spiro atoms. The summed E-state index contributed by atoms with van der Waals surface area (Å²) in [5.41, 5.74) is 1.31. The van der Waals surface area contributed by atoms with Gasteiger partial charge in [0.05, 0.1) is 12.5 Å². The number of hydrogen-bond donors (Lipinski definition) is 2. The largest absolute Gasteiger partial charge is 0.356 e. The van der Waals surface area contributed by atoms with E-state index in [9.17, 15) is 9.59 Å². The van der Waals surface area contributed by atoms with Crippen molar-refractivity contribution in [2.45, 2.75) is 32.2 Å². The zero-order chi connectivity index (χ0) is 15.8. The molecule has 0 aliphatic carbocycles. The number of carbonyl (C=O) groups is 2. The van der Waals surface area contributed by atoms with Crippen LogP contribution >= 0.6 is 0 Å². The molecule has 5 heteroatoms. The number of hydrogen-bond acceptors (Lipinski definition) is 3. The summed E-state index contributed by atoms with van der Waals surface area (Å²) in [4.78, 5) is 26.0. The fourth-order valence-electron chi connectivity index (χ4n) is 2.83. The number of amides is 2. The first-order valence-electron chi connectivity index (χ1n) is 8.03. The number of nitrogens with zero attached hydrogens (tertiary/aromatic N) is 1. The second-order valence-corrected chi connectivity index (χ2v) is 5.59. The van der Waals surface area contributed by atoms with Gasteiger partial charge in [0, 0.05) is 19.6 Å². The maximum Gasteiger partial charge on any atom is 0.237 e. The molecule has 1 aromatic rings. The third kappa shape index (κ3) is 4.84. The third-order valence-corrected chi connectivity index (χ3v) is 3.95. The summed E-state index contributed by atoms with van der Waals surface area (Å²) < 4.78 is 0. The maximum absolute atomic E-state index is 12.0. The molecule has 22 heavy (non-hydrogen) atoms. The lowest BCUT2D eigenvalue weighted by atomic mass is 10.1. The lowest BCUT2D eigenvalue weighted by Gasteiger charge is -2.34. The Hall–Kier alpha value is -1.88. The monoisotopic (exact) mass is 303 g/mol. The molecular weight excluding hydrogens is 278 g/mol. The third-order valence-electron chi connectivity index (χ3n) is 3.95. The molecule has 120 valence electrons. The Morgan fingerprint density at radius 2 is 2.14 bits per heavy atom. The molecule has 1 heterocycles. The molecule has 1 saturated heterocycles. The molecule has 2 amide bonds. The fourth-order valence-corrected chi connectivity index (χ4v) is 2.83. The number of rotatable bonds is 7. The zero-order valence-corrected chi connectivity index (χ0v) is 13.2. The number of piperazine rings is 1. The van der Waals surface area contributed by atoms with Crippen molar-refractivity contribution in [3.8, 4) is 0 Å². The fraction of sp³-hybridized carbons (Fsp3) is 0.529. The summed E-state index contributed by atoms with van der Waals surface area (Å²) in [6, 6.07) is 10.0. The predicted octanol–water partition coefficient (Wildman–Crippen LogP) is 0.946. The molecule has 1 aromatic carbocycles. The average molecular weight is 303 g/mol. The predicted molar refractivity (Wildman–Crippen MR) is 86.4 cm³/mol. The van der Waals surface area contributed by atoms with Gasteiger partial charge in [-0.2, -0.15) is 0 Å². The van der Waals surface area contributed by atoms with Gasteiger partial charge in [-0.1, -0.05) is 30.3 Å². The molecule has 1 aliphatic heterocycles. The quantitative estimate of drug-likeness (QED) is 0.788. The van der Waals surface area contributed by atoms with Crippen LogP contribution in [0, 0.1) is 0 Å². The standard InChI is InChI=1S/C17H25N3O2/c1-2-18-16(21)13-15-17(22)19-10-12-20(15)11-6-9-14-7-4-3-5-8-14/h3-5,7-8,15H,2,6,9-13H2,1H3,(H,18,21)(H,19,22). The Morgan fingerprint density at radius 1 is 1.36 bits per heavy atom. The van der Waals surface area contributed by atoms with E-state index in [0.29, 0.717) is 13.1 Å². The van der Waals surface area contributed by atoms with Crippen LogP contribution in [0.1, 0.15) is 25.3 Å². The molecule has 1 aliphatic rings. The first-order chi connectivity index (χ1) is 10.7. The number of nitrogens with one attached hydrogen (secondary N) is 2. The van der Waals surface area contributed by atoms with Gasteiger partial charge in [-0.25, -0.2) is 0 Å². The summed E-state index contributed by atoms with van der Waals surface area (Å²) in [6.45, 7) is 4.80. The summed E-state index contributed by atoms with van der Waals surface area (Å²) >= 11 is 0. The topological polar surface area (TPSA) is 61.4 Å². The van der Waals surface area contributed by atoms with Gasteiger partial charge in [0.1, 0.15) is 0 Å². The number of benzene rings is 1. The van der Waals surface area contributed by atoms with Gasteiger partial charge < -0.3 is 10.6 Å². The SMILES string of the molecule is CCNC(=O)CC1C(=O)NCCN1CCCc1ccccc1. The van der Waals surface area contributed by atoms with Crippen molar-refractivity contribution >= 4 is 11.8 Å².